The Morgan fingerprint density at radius 3 is 3.00 bits per heavy atom. The Morgan fingerprint density at radius 2 is 2.43 bits per heavy atom. The quantitative estimate of drug-likeness (QED) is 0.773. The minimum Gasteiger partial charge on any atom is -0.466 e. The van der Waals surface area contributed by atoms with E-state index < -0.39 is 0 Å². The molecule has 0 fully saturated rings. The largest absolute Gasteiger partial charge is 0.466 e. The van der Waals surface area contributed by atoms with Crippen molar-refractivity contribution >= 4 is 23.3 Å². The molecule has 0 amide bonds. The van der Waals surface area contributed by atoms with Crippen LogP contribution in [0.15, 0.2) is 12.3 Å². The predicted octanol–water partition coefficient (Wildman–Crippen LogP) is 1.42. The summed E-state index contributed by atoms with van der Waals surface area (Å²) in [6.07, 6.45) is 1.54. The van der Waals surface area contributed by atoms with Crippen molar-refractivity contribution in [1.29, 1.82) is 0 Å². The second-order valence-electron chi connectivity index (χ2n) is 2.68. The standard InChI is InChI=1S/C9H11ClN2O2/c1-2-14-9(13)4-6-3-8(11)7(10)5-12-6/h3,5H,2,4H2,1H3,(H2,11,12). The van der Waals surface area contributed by atoms with E-state index in [1.807, 2.05) is 0 Å². The first kappa shape index (κ1) is 10.8. The average molecular weight is 215 g/mol. The van der Waals surface area contributed by atoms with Crippen LogP contribution in [0.3, 0.4) is 0 Å². The number of esters is 1. The maximum atomic E-state index is 11.1. The van der Waals surface area contributed by atoms with Crippen LogP contribution >= 0.6 is 11.6 Å². The zero-order valence-corrected chi connectivity index (χ0v) is 8.54. The first-order valence-corrected chi connectivity index (χ1v) is 4.56. The van der Waals surface area contributed by atoms with Crippen LogP contribution in [0, 0.1) is 0 Å². The summed E-state index contributed by atoms with van der Waals surface area (Å²) < 4.78 is 4.76. The number of hydrogen-bond acceptors (Lipinski definition) is 4. The van der Waals surface area contributed by atoms with Gasteiger partial charge < -0.3 is 10.5 Å². The topological polar surface area (TPSA) is 65.2 Å². The van der Waals surface area contributed by atoms with Crippen molar-refractivity contribution in [3.8, 4) is 0 Å². The number of carbonyl (C=O) groups excluding carboxylic acids is 1. The molecule has 76 valence electrons. The van der Waals surface area contributed by atoms with Crippen LogP contribution in [0.2, 0.25) is 5.02 Å². The molecule has 0 saturated heterocycles. The van der Waals surface area contributed by atoms with Crippen molar-refractivity contribution < 1.29 is 9.53 Å². The lowest BCUT2D eigenvalue weighted by Gasteiger charge is -2.02. The van der Waals surface area contributed by atoms with Crippen LogP contribution in [-0.4, -0.2) is 17.6 Å². The van der Waals surface area contributed by atoms with Crippen LogP contribution in [0.5, 0.6) is 0 Å². The molecule has 0 aliphatic heterocycles. The monoisotopic (exact) mass is 214 g/mol. The third-order valence-electron chi connectivity index (χ3n) is 1.57. The number of pyridine rings is 1. The lowest BCUT2D eigenvalue weighted by atomic mass is 10.2. The zero-order valence-electron chi connectivity index (χ0n) is 7.79. The smallest absolute Gasteiger partial charge is 0.311 e. The van der Waals surface area contributed by atoms with Gasteiger partial charge in [-0.1, -0.05) is 11.6 Å². The molecule has 0 aliphatic rings. The van der Waals surface area contributed by atoms with Gasteiger partial charge in [0.2, 0.25) is 0 Å². The van der Waals surface area contributed by atoms with Crippen molar-refractivity contribution in [2.45, 2.75) is 13.3 Å². The van der Waals surface area contributed by atoms with Gasteiger partial charge in [-0.3, -0.25) is 9.78 Å². The second-order valence-corrected chi connectivity index (χ2v) is 3.09. The average Bonchev–Trinajstić information content (AvgIpc) is 2.12. The van der Waals surface area contributed by atoms with Gasteiger partial charge in [0, 0.05) is 6.20 Å². The molecule has 1 heterocycles. The van der Waals surface area contributed by atoms with Crippen molar-refractivity contribution in [2.24, 2.45) is 0 Å². The molecular weight excluding hydrogens is 204 g/mol. The van der Waals surface area contributed by atoms with Gasteiger partial charge in [-0.05, 0) is 13.0 Å². The van der Waals surface area contributed by atoms with Crippen LogP contribution in [-0.2, 0) is 16.0 Å². The van der Waals surface area contributed by atoms with E-state index >= 15 is 0 Å². The molecular formula is C9H11ClN2O2. The number of nitrogens with two attached hydrogens (primary N) is 1. The molecule has 0 atom stereocenters. The maximum Gasteiger partial charge on any atom is 0.311 e. The highest BCUT2D eigenvalue weighted by molar-refractivity contribution is 6.32. The lowest BCUT2D eigenvalue weighted by molar-refractivity contribution is -0.142. The highest BCUT2D eigenvalue weighted by Gasteiger charge is 2.06. The second kappa shape index (κ2) is 4.81. The molecule has 0 bridgehead atoms. The summed E-state index contributed by atoms with van der Waals surface area (Å²) in [7, 11) is 0. The van der Waals surface area contributed by atoms with E-state index in [0.717, 1.165) is 0 Å². The van der Waals surface area contributed by atoms with E-state index in [-0.39, 0.29) is 12.4 Å². The number of ether oxygens (including phenoxy) is 1. The highest BCUT2D eigenvalue weighted by Crippen LogP contribution is 2.17. The van der Waals surface area contributed by atoms with Crippen molar-refractivity contribution in [1.82, 2.24) is 4.98 Å². The molecule has 1 aromatic rings. The van der Waals surface area contributed by atoms with Crippen LogP contribution < -0.4 is 5.73 Å². The molecule has 2 N–H and O–H groups in total. The Morgan fingerprint density at radius 1 is 1.71 bits per heavy atom. The minimum atomic E-state index is -0.318. The minimum absolute atomic E-state index is 0.120. The van der Waals surface area contributed by atoms with Gasteiger partial charge in [0.1, 0.15) is 0 Å². The summed E-state index contributed by atoms with van der Waals surface area (Å²) in [6, 6.07) is 1.57. The number of anilines is 1. The summed E-state index contributed by atoms with van der Waals surface area (Å²) in [5.74, 6) is -0.318. The molecule has 0 aromatic carbocycles. The molecule has 0 unspecified atom stereocenters. The molecule has 5 heteroatoms. The van der Waals surface area contributed by atoms with E-state index in [2.05, 4.69) is 4.98 Å². The number of aromatic nitrogens is 1. The highest BCUT2D eigenvalue weighted by atomic mass is 35.5. The molecule has 0 saturated carbocycles. The molecule has 1 aromatic heterocycles. The molecule has 4 nitrogen and oxygen atoms in total. The van der Waals surface area contributed by atoms with Gasteiger partial charge in [0.25, 0.3) is 0 Å². The molecule has 14 heavy (non-hydrogen) atoms. The molecule has 1 rings (SSSR count). The van der Waals surface area contributed by atoms with Gasteiger partial charge in [0.15, 0.2) is 0 Å². The normalized spacial score (nSPS) is 9.86. The maximum absolute atomic E-state index is 11.1. The summed E-state index contributed by atoms with van der Waals surface area (Å²) in [6.45, 7) is 2.11. The molecule has 0 aliphatic carbocycles. The predicted molar refractivity (Wildman–Crippen MR) is 54.0 cm³/mol. The van der Waals surface area contributed by atoms with Crippen molar-refractivity contribution in [2.75, 3.05) is 12.3 Å². The van der Waals surface area contributed by atoms with E-state index in [1.165, 1.54) is 6.20 Å². The number of rotatable bonds is 3. The van der Waals surface area contributed by atoms with Gasteiger partial charge >= 0.3 is 5.97 Å². The van der Waals surface area contributed by atoms with E-state index in [1.54, 1.807) is 13.0 Å². The Kier molecular flexibility index (Phi) is 3.71. The van der Waals surface area contributed by atoms with Gasteiger partial charge in [-0.15, -0.1) is 0 Å². The fraction of sp³-hybridized carbons (Fsp3) is 0.333. The van der Waals surface area contributed by atoms with Gasteiger partial charge in [0.05, 0.1) is 29.4 Å². The Bertz CT molecular complexity index is 342. The van der Waals surface area contributed by atoms with E-state index in [4.69, 9.17) is 22.1 Å². The fourth-order valence-corrected chi connectivity index (χ4v) is 1.06. The zero-order chi connectivity index (χ0) is 10.6. The van der Waals surface area contributed by atoms with Crippen LogP contribution in [0.4, 0.5) is 5.69 Å². The third-order valence-corrected chi connectivity index (χ3v) is 1.89. The first-order valence-electron chi connectivity index (χ1n) is 4.19. The van der Waals surface area contributed by atoms with Crippen LogP contribution in [0.1, 0.15) is 12.6 Å². The van der Waals surface area contributed by atoms with E-state index in [9.17, 15) is 4.79 Å². The number of hydrogen-bond donors (Lipinski definition) is 1. The van der Waals surface area contributed by atoms with Crippen LogP contribution in [0.25, 0.3) is 0 Å². The van der Waals surface area contributed by atoms with Crippen molar-refractivity contribution in [3.63, 3.8) is 0 Å². The Labute approximate surface area is 87.0 Å². The van der Waals surface area contributed by atoms with Gasteiger partial charge in [-0.25, -0.2) is 0 Å². The molecule has 0 spiro atoms. The first-order chi connectivity index (χ1) is 6.63. The van der Waals surface area contributed by atoms with Gasteiger partial charge in [-0.2, -0.15) is 0 Å². The Hall–Kier alpha value is -1.29. The van der Waals surface area contributed by atoms with Crippen molar-refractivity contribution in [3.05, 3.63) is 23.0 Å². The fourth-order valence-electron chi connectivity index (χ4n) is 0.956. The molecule has 0 radical (unpaired) electrons. The number of halogens is 1. The number of carbonyl (C=O) groups is 1. The third kappa shape index (κ3) is 2.88. The lowest BCUT2D eigenvalue weighted by Crippen LogP contribution is -2.09. The summed E-state index contributed by atoms with van der Waals surface area (Å²) in [5, 5.41) is 0.387. The van der Waals surface area contributed by atoms with E-state index in [0.29, 0.717) is 23.0 Å². The number of nitrogen functional groups attached to an aromatic ring is 1. The Balaban J connectivity index is 2.68. The summed E-state index contributed by atoms with van der Waals surface area (Å²) >= 11 is 5.67. The summed E-state index contributed by atoms with van der Waals surface area (Å²) in [4.78, 5) is 15.0. The SMILES string of the molecule is CCOC(=O)Cc1cc(N)c(Cl)cn1. The summed E-state index contributed by atoms with van der Waals surface area (Å²) in [5.41, 5.74) is 6.52. The number of nitrogens with zero attached hydrogens (tertiary/aromatic N) is 1.